The van der Waals surface area contributed by atoms with E-state index < -0.39 is 0 Å². The number of rotatable bonds is 6. The summed E-state index contributed by atoms with van der Waals surface area (Å²) in [7, 11) is 0. The summed E-state index contributed by atoms with van der Waals surface area (Å²) in [6, 6.07) is 40.0. The molecule has 186 valence electrons. The van der Waals surface area contributed by atoms with Crippen LogP contribution in [0.5, 0.6) is 5.75 Å². The second-order valence-electron chi connectivity index (χ2n) is 8.27. The van der Waals surface area contributed by atoms with Crippen LogP contribution in [-0.4, -0.2) is 15.9 Å². The molecule has 1 aliphatic rings. The van der Waals surface area contributed by atoms with E-state index in [1.165, 1.54) is 0 Å². The molecule has 0 spiro atoms. The molecule has 0 N–H and O–H groups in total. The van der Waals surface area contributed by atoms with E-state index in [-0.39, 0.29) is 23.1 Å². The number of aromatic nitrogens is 2. The molecule has 1 atom stereocenters. The molecule has 0 saturated carbocycles. The van der Waals surface area contributed by atoms with Crippen LogP contribution in [0.2, 0.25) is 5.15 Å². The van der Waals surface area contributed by atoms with Gasteiger partial charge in [0.15, 0.2) is 11.0 Å². The van der Waals surface area contributed by atoms with Gasteiger partial charge in [0.2, 0.25) is 0 Å². The number of nitrogens with zero attached hydrogens (tertiary/aromatic N) is 4. The van der Waals surface area contributed by atoms with Gasteiger partial charge in [0, 0.05) is 17.7 Å². The first kappa shape index (κ1) is 26.4. The number of hydrazone groups is 1. The van der Waals surface area contributed by atoms with Gasteiger partial charge in [-0.05, 0) is 23.8 Å². The first-order chi connectivity index (χ1) is 17.8. The van der Waals surface area contributed by atoms with Crippen LogP contribution in [-0.2, 0) is 23.7 Å². The topological polar surface area (TPSA) is 50.6 Å². The normalized spacial score (nSPS) is 14.2. The average Bonchev–Trinajstić information content (AvgIpc) is 3.72. The quantitative estimate of drug-likeness (QED) is 0.166. The fraction of sp³-hybridized carbons (Fsp3) is 0.100. The van der Waals surface area contributed by atoms with Crippen LogP contribution in [0.25, 0.3) is 0 Å². The summed E-state index contributed by atoms with van der Waals surface area (Å²) in [5.74, 6) is 1.48. The maximum absolute atomic E-state index is 6.23. The van der Waals surface area contributed by atoms with Gasteiger partial charge in [0.1, 0.15) is 12.4 Å². The minimum absolute atomic E-state index is 0. The molecule has 1 unspecified atom stereocenters. The van der Waals surface area contributed by atoms with E-state index in [9.17, 15) is 0 Å². The molecule has 1 aromatic heterocycles. The van der Waals surface area contributed by atoms with Crippen molar-refractivity contribution < 1.29 is 21.8 Å². The molecule has 0 amide bonds. The Hall–Kier alpha value is -3.70. The van der Waals surface area contributed by atoms with Gasteiger partial charge in [-0.2, -0.15) is 35.4 Å². The van der Waals surface area contributed by atoms with Crippen molar-refractivity contribution in [2.24, 2.45) is 5.10 Å². The number of benzene rings is 2. The van der Waals surface area contributed by atoms with E-state index in [1.54, 1.807) is 6.07 Å². The second-order valence-corrected chi connectivity index (χ2v) is 8.66. The van der Waals surface area contributed by atoms with E-state index in [1.807, 2.05) is 89.9 Å². The van der Waals surface area contributed by atoms with Crippen LogP contribution >= 0.6 is 11.6 Å². The number of hydrogen-bond donors (Lipinski definition) is 0. The van der Waals surface area contributed by atoms with Gasteiger partial charge in [-0.25, -0.2) is 29.3 Å². The first-order valence-electron chi connectivity index (χ1n) is 11.8. The summed E-state index contributed by atoms with van der Waals surface area (Å²) in [6.07, 6.45) is 0.736. The van der Waals surface area contributed by atoms with Crippen molar-refractivity contribution in [3.8, 4) is 5.75 Å². The standard InChI is InChI=1S/C25H20ClN4O.C5H5.Fe/c26-24-14-15-25(28-27-24)30-22(16-21(29-30)19-10-4-5-11-19)20-12-6-7-13-23(20)31-17-18-8-2-1-3-9-18;1-2-4-5-3-1;/h1-15,22H,16-17H2;1-5H;/q2*-1;+2. The molecule has 0 bridgehead atoms. The number of ether oxygens (including phenoxy) is 1. The van der Waals surface area contributed by atoms with Gasteiger partial charge in [0.25, 0.3) is 0 Å². The van der Waals surface area contributed by atoms with Crippen LogP contribution < -0.4 is 9.75 Å². The zero-order valence-corrected chi connectivity index (χ0v) is 21.8. The Labute approximate surface area is 232 Å². The molecule has 0 radical (unpaired) electrons. The number of anilines is 1. The molecule has 2 heterocycles. The van der Waals surface area contributed by atoms with Crippen molar-refractivity contribution in [1.29, 1.82) is 0 Å². The Morgan fingerprint density at radius 1 is 0.865 bits per heavy atom. The molecule has 4 aromatic carbocycles. The van der Waals surface area contributed by atoms with Gasteiger partial charge < -0.3 is 4.74 Å². The molecule has 0 aliphatic carbocycles. The summed E-state index contributed by atoms with van der Waals surface area (Å²) >= 11 is 5.96. The first-order valence-corrected chi connectivity index (χ1v) is 12.2. The molecular weight excluding hydrogens is 524 g/mol. The van der Waals surface area contributed by atoms with Gasteiger partial charge in [-0.15, -0.1) is 15.8 Å². The van der Waals surface area contributed by atoms with Crippen molar-refractivity contribution in [1.82, 2.24) is 10.2 Å². The van der Waals surface area contributed by atoms with Crippen LogP contribution in [0.4, 0.5) is 5.82 Å². The third kappa shape index (κ3) is 6.75. The molecule has 0 fully saturated rings. The Morgan fingerprint density at radius 3 is 2.27 bits per heavy atom. The van der Waals surface area contributed by atoms with E-state index in [0.717, 1.165) is 34.6 Å². The Balaban J connectivity index is 0.000000479. The van der Waals surface area contributed by atoms with E-state index in [2.05, 4.69) is 40.5 Å². The van der Waals surface area contributed by atoms with Gasteiger partial charge in [-0.1, -0.05) is 60.1 Å². The molecule has 7 heteroatoms. The van der Waals surface area contributed by atoms with Crippen molar-refractivity contribution in [2.45, 2.75) is 19.1 Å². The zero-order valence-electron chi connectivity index (χ0n) is 20.0. The smallest absolute Gasteiger partial charge is 0.489 e. The monoisotopic (exact) mass is 548 g/mol. The largest absolute Gasteiger partial charge is 2.00 e. The second kappa shape index (κ2) is 13.0. The molecule has 5 nitrogen and oxygen atoms in total. The van der Waals surface area contributed by atoms with Crippen LogP contribution in [0.1, 0.15) is 29.2 Å². The molecule has 0 saturated heterocycles. The molecular formula is C30H25ClFeN4O. The Kier molecular flexibility index (Phi) is 9.28. The predicted octanol–water partition coefficient (Wildman–Crippen LogP) is 7.19. The van der Waals surface area contributed by atoms with Crippen molar-refractivity contribution >= 4 is 23.1 Å². The summed E-state index contributed by atoms with van der Waals surface area (Å²) in [5.41, 5.74) is 4.29. The Morgan fingerprint density at radius 2 is 1.59 bits per heavy atom. The fourth-order valence-electron chi connectivity index (χ4n) is 4.08. The van der Waals surface area contributed by atoms with Crippen molar-refractivity contribution in [3.63, 3.8) is 0 Å². The Bertz CT molecular complexity index is 1350. The maximum Gasteiger partial charge on any atom is 2.00 e. The van der Waals surface area contributed by atoms with Crippen molar-refractivity contribution in [3.05, 3.63) is 143 Å². The van der Waals surface area contributed by atoms with Crippen LogP contribution in [0, 0.1) is 0 Å². The molecule has 6 rings (SSSR count). The van der Waals surface area contributed by atoms with Gasteiger partial charge >= 0.3 is 17.1 Å². The maximum atomic E-state index is 6.23. The summed E-state index contributed by atoms with van der Waals surface area (Å²) in [6.45, 7) is 0.502. The van der Waals surface area contributed by atoms with Gasteiger partial charge in [0.05, 0.1) is 6.04 Å². The zero-order chi connectivity index (χ0) is 24.6. The van der Waals surface area contributed by atoms with E-state index >= 15 is 0 Å². The number of para-hydroxylation sites is 1. The minimum Gasteiger partial charge on any atom is -0.489 e. The average molecular weight is 549 g/mol. The molecule has 37 heavy (non-hydrogen) atoms. The summed E-state index contributed by atoms with van der Waals surface area (Å²) < 4.78 is 6.23. The number of hydrogen-bond acceptors (Lipinski definition) is 5. The minimum atomic E-state index is -0.0626. The van der Waals surface area contributed by atoms with Crippen molar-refractivity contribution in [2.75, 3.05) is 5.01 Å². The number of halogens is 1. The third-order valence-electron chi connectivity index (χ3n) is 5.83. The fourth-order valence-corrected chi connectivity index (χ4v) is 4.18. The SMILES string of the molecule is Clc1ccc(N2N=C([c-]3cccc3)CC2c2ccccc2OCc2ccccc2)nn1.[Fe+2].c1cc[cH-]c1. The molecule has 1 aliphatic heterocycles. The summed E-state index contributed by atoms with van der Waals surface area (Å²) in [4.78, 5) is 0. The van der Waals surface area contributed by atoms with Crippen LogP contribution in [0.3, 0.4) is 0 Å². The third-order valence-corrected chi connectivity index (χ3v) is 6.03. The van der Waals surface area contributed by atoms with E-state index in [4.69, 9.17) is 21.4 Å². The van der Waals surface area contributed by atoms with E-state index in [0.29, 0.717) is 17.6 Å². The predicted molar refractivity (Wildman–Crippen MR) is 145 cm³/mol. The molecule has 5 aromatic rings. The summed E-state index contributed by atoms with van der Waals surface area (Å²) in [5, 5.41) is 15.4. The van der Waals surface area contributed by atoms with Crippen LogP contribution in [0.15, 0.2) is 126 Å². The van der Waals surface area contributed by atoms with Gasteiger partial charge in [-0.3, -0.25) is 0 Å².